The average molecular weight is 594 g/mol. The summed E-state index contributed by atoms with van der Waals surface area (Å²) in [6, 6.07) is 5.94. The van der Waals surface area contributed by atoms with E-state index in [1.54, 1.807) is 18.2 Å². The zero-order valence-corrected chi connectivity index (χ0v) is 24.8. The first-order valence-electron chi connectivity index (χ1n) is 15.3. The van der Waals surface area contributed by atoms with Crippen LogP contribution in [0.1, 0.15) is 64.9 Å². The normalized spacial score (nSPS) is 39.3. The van der Waals surface area contributed by atoms with Gasteiger partial charge in [-0.05, 0) is 56.1 Å². The van der Waals surface area contributed by atoms with E-state index in [2.05, 4.69) is 6.92 Å². The molecule has 10 heteroatoms. The number of aliphatic hydroxyl groups is 1. The van der Waals surface area contributed by atoms with Gasteiger partial charge in [0.15, 0.2) is 24.3 Å². The predicted molar refractivity (Wildman–Crippen MR) is 154 cm³/mol. The number of ether oxygens (including phenoxy) is 3. The molecule has 0 bridgehead atoms. The molecule has 1 aromatic carbocycles. The number of nitrogens with zero attached hydrogens (tertiary/aromatic N) is 1. The molecule has 4 aliphatic carbocycles. The van der Waals surface area contributed by atoms with Crippen LogP contribution in [0.2, 0.25) is 0 Å². The lowest BCUT2D eigenvalue weighted by Crippen LogP contribution is -2.63. The molecular weight excluding hydrogens is 554 g/mol. The Morgan fingerprint density at radius 3 is 2.74 bits per heavy atom. The number of esters is 1. The summed E-state index contributed by atoms with van der Waals surface area (Å²) in [7, 11) is 0. The molecule has 9 atom stereocenters. The number of carbonyl (C=O) groups excluding carboxylic acids is 3. The van der Waals surface area contributed by atoms with Crippen molar-refractivity contribution in [2.75, 3.05) is 6.61 Å². The summed E-state index contributed by atoms with van der Waals surface area (Å²) in [5, 5.41) is 23.2. The Morgan fingerprint density at radius 2 is 2.00 bits per heavy atom. The van der Waals surface area contributed by atoms with Gasteiger partial charge >= 0.3 is 5.97 Å². The summed E-state index contributed by atoms with van der Waals surface area (Å²) in [5.41, 5.74) is -1.57. The molecule has 0 amide bonds. The van der Waals surface area contributed by atoms with Gasteiger partial charge in [-0.25, -0.2) is 0 Å². The predicted octanol–water partition coefficient (Wildman–Crippen LogP) is 4.42. The van der Waals surface area contributed by atoms with Crippen LogP contribution in [0.4, 0.5) is 5.69 Å². The number of allylic oxidation sites excluding steroid dienone is 4. The van der Waals surface area contributed by atoms with Crippen molar-refractivity contribution in [1.82, 2.24) is 0 Å². The largest absolute Gasteiger partial charge is 0.457 e. The van der Waals surface area contributed by atoms with Crippen molar-refractivity contribution in [2.24, 2.45) is 28.6 Å². The molecule has 4 fully saturated rings. The molecule has 1 saturated heterocycles. The summed E-state index contributed by atoms with van der Waals surface area (Å²) >= 11 is 0. The van der Waals surface area contributed by atoms with Crippen LogP contribution in [0.25, 0.3) is 0 Å². The number of para-hydroxylation sites is 1. The van der Waals surface area contributed by atoms with Gasteiger partial charge in [0.1, 0.15) is 0 Å². The van der Waals surface area contributed by atoms with E-state index < -0.39 is 58.2 Å². The highest BCUT2D eigenvalue weighted by Gasteiger charge is 2.75. The first-order valence-corrected chi connectivity index (χ1v) is 15.3. The zero-order chi connectivity index (χ0) is 30.7. The SMILES string of the molecule is CCCC1O[C@@H]2C[C@H]3[C@@H]4CCC5=CC(=O)C=C[C@]5(C)[C@H]4[C@@H](O)C[C@]3(C)[C@]2(C(=O)COC(=O)Cc2ccccc2[N+](=O)[O-])O1. The molecule has 1 aromatic rings. The van der Waals surface area contributed by atoms with Crippen molar-refractivity contribution in [3.63, 3.8) is 0 Å². The lowest BCUT2D eigenvalue weighted by Gasteiger charge is -2.59. The van der Waals surface area contributed by atoms with E-state index in [0.717, 1.165) is 24.8 Å². The molecule has 6 rings (SSSR count). The number of ketones is 2. The van der Waals surface area contributed by atoms with Crippen molar-refractivity contribution in [1.29, 1.82) is 0 Å². The number of fused-ring (bicyclic) bond motifs is 7. The molecule has 0 spiro atoms. The maximum atomic E-state index is 14.3. The second kappa shape index (κ2) is 10.7. The lowest BCUT2D eigenvalue weighted by atomic mass is 9.46. The number of nitro groups is 1. The molecule has 3 saturated carbocycles. The van der Waals surface area contributed by atoms with Crippen LogP contribution in [0.15, 0.2) is 48.1 Å². The third kappa shape index (κ3) is 4.52. The Morgan fingerprint density at radius 1 is 1.23 bits per heavy atom. The minimum absolute atomic E-state index is 0.00417. The molecule has 5 aliphatic rings. The van der Waals surface area contributed by atoms with Crippen molar-refractivity contribution in [3.8, 4) is 0 Å². The number of hydrogen-bond donors (Lipinski definition) is 1. The Labute approximate surface area is 250 Å². The second-order valence-electron chi connectivity index (χ2n) is 13.3. The van der Waals surface area contributed by atoms with Crippen LogP contribution in [0.3, 0.4) is 0 Å². The second-order valence-corrected chi connectivity index (χ2v) is 13.3. The standard InChI is InChI=1S/C33H39NO9/c1-4-7-29-42-27-16-23-22-11-10-20-15-21(35)12-13-31(20,2)30(22)25(36)17-32(23,3)33(27,43-29)26(37)18-41-28(38)14-19-8-5-6-9-24(19)34(39)40/h5-6,8-9,12-13,15,22-23,25,27,29-30,36H,4,7,10-11,14,16-18H2,1-3H3/t22-,23-,25-,27+,29?,30+,31-,32-,33+/m0/s1. The van der Waals surface area contributed by atoms with Crippen LogP contribution >= 0.6 is 0 Å². The fourth-order valence-electron chi connectivity index (χ4n) is 9.30. The van der Waals surface area contributed by atoms with E-state index in [9.17, 15) is 29.6 Å². The van der Waals surface area contributed by atoms with Gasteiger partial charge in [0, 0.05) is 28.4 Å². The van der Waals surface area contributed by atoms with E-state index in [0.29, 0.717) is 19.3 Å². The molecule has 0 radical (unpaired) electrons. The zero-order valence-electron chi connectivity index (χ0n) is 24.8. The third-order valence-corrected chi connectivity index (χ3v) is 11.1. The lowest BCUT2D eigenvalue weighted by molar-refractivity contribution is -0.385. The number of carbonyl (C=O) groups is 3. The van der Waals surface area contributed by atoms with Crippen molar-refractivity contribution < 1.29 is 38.6 Å². The molecule has 10 nitrogen and oxygen atoms in total. The minimum atomic E-state index is -1.40. The smallest absolute Gasteiger partial charge is 0.310 e. The van der Waals surface area contributed by atoms with Crippen LogP contribution in [-0.2, 0) is 35.0 Å². The van der Waals surface area contributed by atoms with E-state index in [1.165, 1.54) is 18.2 Å². The molecule has 230 valence electrons. The number of rotatable bonds is 8. The summed E-state index contributed by atoms with van der Waals surface area (Å²) in [6.07, 6.45) is 6.82. The summed E-state index contributed by atoms with van der Waals surface area (Å²) < 4.78 is 18.4. The van der Waals surface area contributed by atoms with E-state index >= 15 is 0 Å². The molecule has 1 heterocycles. The number of aliphatic hydroxyl groups excluding tert-OH is 1. The van der Waals surface area contributed by atoms with Gasteiger partial charge in [0.05, 0.1) is 23.6 Å². The Bertz CT molecular complexity index is 1420. The Hall–Kier alpha value is -3.21. The molecule has 0 aromatic heterocycles. The molecule has 1 aliphatic heterocycles. The van der Waals surface area contributed by atoms with E-state index in [-0.39, 0.29) is 41.2 Å². The maximum absolute atomic E-state index is 14.3. The molecule has 43 heavy (non-hydrogen) atoms. The van der Waals surface area contributed by atoms with Crippen LogP contribution in [0.5, 0.6) is 0 Å². The average Bonchev–Trinajstić information content (AvgIpc) is 3.44. The molecular formula is C33H39NO9. The first-order chi connectivity index (χ1) is 20.4. The minimum Gasteiger partial charge on any atom is -0.457 e. The van der Waals surface area contributed by atoms with Gasteiger partial charge < -0.3 is 19.3 Å². The Kier molecular flexibility index (Phi) is 7.46. The van der Waals surface area contributed by atoms with E-state index in [4.69, 9.17) is 14.2 Å². The summed E-state index contributed by atoms with van der Waals surface area (Å²) in [6.45, 7) is 5.56. The van der Waals surface area contributed by atoms with Gasteiger partial charge in [-0.1, -0.05) is 57.0 Å². The Balaban J connectivity index is 1.27. The van der Waals surface area contributed by atoms with Gasteiger partial charge in [0.2, 0.25) is 5.78 Å². The highest BCUT2D eigenvalue weighted by atomic mass is 16.7. The van der Waals surface area contributed by atoms with Crippen molar-refractivity contribution in [2.45, 2.75) is 89.8 Å². The van der Waals surface area contributed by atoms with Gasteiger partial charge in [-0.3, -0.25) is 24.5 Å². The molecule has 1 N–H and O–H groups in total. The number of nitro benzene ring substituents is 1. The number of hydrogen-bond acceptors (Lipinski definition) is 9. The molecule has 1 unspecified atom stereocenters. The van der Waals surface area contributed by atoms with Crippen LogP contribution < -0.4 is 0 Å². The summed E-state index contributed by atoms with van der Waals surface area (Å²) in [4.78, 5) is 50.1. The number of benzene rings is 1. The van der Waals surface area contributed by atoms with Crippen molar-refractivity contribution in [3.05, 3.63) is 63.7 Å². The van der Waals surface area contributed by atoms with E-state index in [1.807, 2.05) is 19.9 Å². The fraction of sp³-hybridized carbons (Fsp3) is 0.606. The summed E-state index contributed by atoms with van der Waals surface area (Å²) in [5.74, 6) is -1.23. The topological polar surface area (TPSA) is 142 Å². The quantitative estimate of drug-likeness (QED) is 0.263. The fourth-order valence-corrected chi connectivity index (χ4v) is 9.30. The number of Topliss-reactive ketones (excluding diaryl/α,β-unsaturated/α-hetero) is 1. The first kappa shape index (κ1) is 29.8. The highest BCUT2D eigenvalue weighted by molar-refractivity contribution is 6.01. The van der Waals surface area contributed by atoms with Crippen LogP contribution in [0, 0.1) is 38.7 Å². The highest BCUT2D eigenvalue weighted by Crippen LogP contribution is 2.69. The monoisotopic (exact) mass is 593 g/mol. The van der Waals surface area contributed by atoms with Gasteiger partial charge in [-0.2, -0.15) is 0 Å². The van der Waals surface area contributed by atoms with Gasteiger partial charge in [-0.15, -0.1) is 0 Å². The maximum Gasteiger partial charge on any atom is 0.310 e. The van der Waals surface area contributed by atoms with Crippen molar-refractivity contribution >= 4 is 23.2 Å². The van der Waals surface area contributed by atoms with Gasteiger partial charge in [0.25, 0.3) is 5.69 Å². The van der Waals surface area contributed by atoms with Crippen LogP contribution in [-0.4, -0.2) is 58.3 Å². The third-order valence-electron chi connectivity index (χ3n) is 11.1.